The molecule has 8 heteroatoms. The SMILES string of the molecule is C1=C\CCCC\C=C/1.CC#N.CC#N.F[B-](F)(F)F.[Rh+]. The molecule has 0 fully saturated rings. The molecular formula is C12H18BF4N2Rh. The summed E-state index contributed by atoms with van der Waals surface area (Å²) in [6.45, 7) is 2.86. The van der Waals surface area contributed by atoms with Crippen LogP contribution in [0, 0.1) is 22.7 Å². The van der Waals surface area contributed by atoms with Crippen LogP contribution in [0.3, 0.4) is 0 Å². The maximum Gasteiger partial charge on any atom is 1.00 e. The van der Waals surface area contributed by atoms with Gasteiger partial charge in [0.15, 0.2) is 0 Å². The van der Waals surface area contributed by atoms with Crippen molar-refractivity contribution in [1.82, 2.24) is 0 Å². The van der Waals surface area contributed by atoms with Crippen molar-refractivity contribution in [2.75, 3.05) is 0 Å². The Morgan fingerprint density at radius 1 is 0.850 bits per heavy atom. The molecule has 0 radical (unpaired) electrons. The van der Waals surface area contributed by atoms with Crippen LogP contribution in [0.25, 0.3) is 0 Å². The minimum atomic E-state index is -6.00. The molecule has 0 aromatic rings. The Morgan fingerprint density at radius 3 is 1.25 bits per heavy atom. The largest absolute Gasteiger partial charge is 1.00 e. The van der Waals surface area contributed by atoms with Crippen LogP contribution >= 0.6 is 0 Å². The summed E-state index contributed by atoms with van der Waals surface area (Å²) in [5, 5.41) is 14.6. The van der Waals surface area contributed by atoms with Gasteiger partial charge in [0.25, 0.3) is 0 Å². The van der Waals surface area contributed by atoms with E-state index in [1.54, 1.807) is 12.1 Å². The van der Waals surface area contributed by atoms with Gasteiger partial charge in [0.05, 0.1) is 12.1 Å². The summed E-state index contributed by atoms with van der Waals surface area (Å²) in [6, 6.07) is 3.50. The van der Waals surface area contributed by atoms with E-state index in [0.29, 0.717) is 0 Å². The molecule has 0 unspecified atom stereocenters. The minimum absolute atomic E-state index is 0. The summed E-state index contributed by atoms with van der Waals surface area (Å²) < 4.78 is 39.0. The van der Waals surface area contributed by atoms with Gasteiger partial charge in [-0.15, -0.1) is 0 Å². The Kier molecular flexibility index (Phi) is 31.3. The number of nitrogens with zero attached hydrogens (tertiary/aromatic N) is 2. The van der Waals surface area contributed by atoms with Crippen molar-refractivity contribution < 1.29 is 36.7 Å². The predicted octanol–water partition coefficient (Wildman–Crippen LogP) is 5.03. The maximum absolute atomic E-state index is 9.75. The molecule has 116 valence electrons. The Morgan fingerprint density at radius 2 is 1.05 bits per heavy atom. The molecule has 0 aliphatic heterocycles. The molecule has 1 aliphatic carbocycles. The van der Waals surface area contributed by atoms with Gasteiger partial charge in [-0.05, 0) is 25.7 Å². The number of nitriles is 2. The molecule has 1 rings (SSSR count). The molecular weight excluding hydrogens is 362 g/mol. The first kappa shape index (κ1) is 27.3. The third-order valence-corrected chi connectivity index (χ3v) is 1.37. The van der Waals surface area contributed by atoms with Crippen molar-refractivity contribution in [3.05, 3.63) is 24.3 Å². The Balaban J connectivity index is -0.0000000935. The van der Waals surface area contributed by atoms with Crippen LogP contribution in [0.5, 0.6) is 0 Å². The second-order valence-corrected chi connectivity index (χ2v) is 3.08. The van der Waals surface area contributed by atoms with Gasteiger partial charge >= 0.3 is 26.7 Å². The number of allylic oxidation sites excluding steroid dienone is 4. The molecule has 0 atom stereocenters. The Labute approximate surface area is 131 Å². The monoisotopic (exact) mass is 380 g/mol. The fourth-order valence-electron chi connectivity index (χ4n) is 0.874. The first-order valence-electron chi connectivity index (χ1n) is 5.64. The van der Waals surface area contributed by atoms with Crippen LogP contribution in [-0.4, -0.2) is 7.25 Å². The smallest absolute Gasteiger partial charge is 0.418 e. The Hall–Kier alpha value is -1.13. The zero-order chi connectivity index (χ0) is 15.6. The molecule has 0 N–H and O–H groups in total. The van der Waals surface area contributed by atoms with Crippen LogP contribution in [0.15, 0.2) is 24.3 Å². The van der Waals surface area contributed by atoms with Crippen LogP contribution in [0.1, 0.15) is 39.5 Å². The number of hydrogen-bond donors (Lipinski definition) is 0. The average molecular weight is 380 g/mol. The summed E-state index contributed by atoms with van der Waals surface area (Å²) in [6.07, 6.45) is 14.0. The van der Waals surface area contributed by atoms with E-state index in [1.165, 1.54) is 39.5 Å². The first-order chi connectivity index (χ1) is 8.83. The maximum atomic E-state index is 9.75. The van der Waals surface area contributed by atoms with Gasteiger partial charge in [0.2, 0.25) is 0 Å². The summed E-state index contributed by atoms with van der Waals surface area (Å²) >= 11 is 0. The Bertz CT molecular complexity index is 285. The van der Waals surface area contributed by atoms with Crippen molar-refractivity contribution in [1.29, 1.82) is 10.5 Å². The molecule has 0 saturated heterocycles. The van der Waals surface area contributed by atoms with Crippen LogP contribution < -0.4 is 0 Å². The van der Waals surface area contributed by atoms with Gasteiger partial charge in [-0.25, -0.2) is 0 Å². The van der Waals surface area contributed by atoms with Gasteiger partial charge in [-0.1, -0.05) is 24.3 Å². The molecule has 20 heavy (non-hydrogen) atoms. The van der Waals surface area contributed by atoms with Crippen LogP contribution in [0.4, 0.5) is 17.3 Å². The summed E-state index contributed by atoms with van der Waals surface area (Å²) in [7, 11) is -6.00. The van der Waals surface area contributed by atoms with Crippen molar-refractivity contribution in [3.63, 3.8) is 0 Å². The van der Waals surface area contributed by atoms with Gasteiger partial charge < -0.3 is 17.3 Å². The van der Waals surface area contributed by atoms with E-state index in [-0.39, 0.29) is 19.5 Å². The van der Waals surface area contributed by atoms with E-state index in [9.17, 15) is 17.3 Å². The van der Waals surface area contributed by atoms with E-state index in [2.05, 4.69) is 24.3 Å². The minimum Gasteiger partial charge on any atom is -0.418 e. The van der Waals surface area contributed by atoms with Crippen LogP contribution in [-0.2, 0) is 19.5 Å². The fourth-order valence-corrected chi connectivity index (χ4v) is 0.874. The van der Waals surface area contributed by atoms with E-state index >= 15 is 0 Å². The standard InChI is InChI=1S/C8H12.2C2H3N.BF4.Rh/c1-2-4-6-8-7-5-3-1;2*1-2-3;2-1(3,4)5;/h1-4H,5-8H2;2*1H3;;/q;;;-1;+1/b3-1-,4-2-;;;;. The molecule has 1 aliphatic rings. The molecule has 0 spiro atoms. The van der Waals surface area contributed by atoms with Crippen molar-refractivity contribution in [2.45, 2.75) is 39.5 Å². The normalized spacial score (nSPS) is 15.0. The molecule has 0 saturated carbocycles. The van der Waals surface area contributed by atoms with Crippen molar-refractivity contribution in [2.24, 2.45) is 0 Å². The van der Waals surface area contributed by atoms with Gasteiger partial charge in [0.1, 0.15) is 0 Å². The number of hydrogen-bond acceptors (Lipinski definition) is 2. The third kappa shape index (κ3) is 90.0. The topological polar surface area (TPSA) is 47.6 Å². The van der Waals surface area contributed by atoms with Crippen LogP contribution in [0.2, 0.25) is 0 Å². The first-order valence-corrected chi connectivity index (χ1v) is 5.64. The second kappa shape index (κ2) is 23.0. The zero-order valence-corrected chi connectivity index (χ0v) is 13.1. The van der Waals surface area contributed by atoms with E-state index in [0.717, 1.165) is 0 Å². The molecule has 0 aromatic heterocycles. The summed E-state index contributed by atoms with van der Waals surface area (Å²) in [5.74, 6) is 0. The average Bonchev–Trinajstić information content (AvgIpc) is 2.15. The molecule has 0 bridgehead atoms. The summed E-state index contributed by atoms with van der Waals surface area (Å²) in [4.78, 5) is 0. The van der Waals surface area contributed by atoms with Gasteiger partial charge in [-0.3, -0.25) is 0 Å². The molecule has 0 amide bonds. The van der Waals surface area contributed by atoms with Crippen molar-refractivity contribution >= 4 is 7.25 Å². The molecule has 2 nitrogen and oxygen atoms in total. The third-order valence-electron chi connectivity index (χ3n) is 1.37. The fraction of sp³-hybridized carbons (Fsp3) is 0.500. The van der Waals surface area contributed by atoms with Gasteiger partial charge in [0, 0.05) is 13.8 Å². The van der Waals surface area contributed by atoms with E-state index < -0.39 is 7.25 Å². The number of rotatable bonds is 0. The number of halogens is 4. The van der Waals surface area contributed by atoms with E-state index in [1.807, 2.05) is 0 Å². The van der Waals surface area contributed by atoms with Gasteiger partial charge in [-0.2, -0.15) is 10.5 Å². The van der Waals surface area contributed by atoms with E-state index in [4.69, 9.17) is 10.5 Å². The second-order valence-electron chi connectivity index (χ2n) is 3.08. The zero-order valence-electron chi connectivity index (χ0n) is 11.5. The molecule has 0 aromatic carbocycles. The van der Waals surface area contributed by atoms with Crippen molar-refractivity contribution in [3.8, 4) is 12.1 Å². The predicted molar refractivity (Wildman–Crippen MR) is 69.5 cm³/mol. The summed E-state index contributed by atoms with van der Waals surface area (Å²) in [5.41, 5.74) is 0. The quantitative estimate of drug-likeness (QED) is 0.437. The molecule has 0 heterocycles.